The summed E-state index contributed by atoms with van der Waals surface area (Å²) >= 11 is 8.97. The van der Waals surface area contributed by atoms with E-state index in [-0.39, 0.29) is 11.3 Å². The van der Waals surface area contributed by atoms with Crippen molar-refractivity contribution in [3.63, 3.8) is 0 Å². The van der Waals surface area contributed by atoms with Crippen LogP contribution >= 0.6 is 28.1 Å². The van der Waals surface area contributed by atoms with Crippen LogP contribution in [0.4, 0.5) is 0 Å². The number of nitrogens with one attached hydrogen (secondary N) is 1. The van der Waals surface area contributed by atoms with Crippen LogP contribution in [0.3, 0.4) is 0 Å². The van der Waals surface area contributed by atoms with E-state index in [0.29, 0.717) is 11.2 Å². The summed E-state index contributed by atoms with van der Waals surface area (Å²) in [5, 5.41) is 0. The van der Waals surface area contributed by atoms with Gasteiger partial charge in [0, 0.05) is 16.7 Å². The molecule has 5 heteroatoms. The summed E-state index contributed by atoms with van der Waals surface area (Å²) in [4.78, 5) is 8.03. The van der Waals surface area contributed by atoms with Crippen LogP contribution in [0.15, 0.2) is 28.7 Å². The smallest absolute Gasteiger partial charge is 0.144 e. The molecule has 0 saturated heterocycles. The van der Waals surface area contributed by atoms with Crippen LogP contribution in [0.25, 0.3) is 0 Å². The summed E-state index contributed by atoms with van der Waals surface area (Å²) in [5.74, 6) is 1.92. The Morgan fingerprint density at radius 2 is 2.05 bits per heavy atom. The molecule has 1 aromatic heterocycles. The van der Waals surface area contributed by atoms with Gasteiger partial charge in [-0.25, -0.2) is 4.98 Å². The molecule has 0 spiro atoms. The highest BCUT2D eigenvalue weighted by Gasteiger charge is 2.29. The third-order valence-corrected chi connectivity index (χ3v) is 4.99. The zero-order valence-corrected chi connectivity index (χ0v) is 14.6. The van der Waals surface area contributed by atoms with Gasteiger partial charge >= 0.3 is 0 Å². The van der Waals surface area contributed by atoms with Crippen LogP contribution in [-0.4, -0.2) is 16.6 Å². The Morgan fingerprint density at radius 3 is 2.76 bits per heavy atom. The number of halogens is 1. The average Bonchev–Trinajstić information content (AvgIpc) is 2.84. The van der Waals surface area contributed by atoms with Gasteiger partial charge in [-0.15, -0.1) is 0 Å². The maximum Gasteiger partial charge on any atom is 0.144 e. The minimum Gasteiger partial charge on any atom is -0.492 e. The fraction of sp³-hybridized carbons (Fsp3) is 0.375. The summed E-state index contributed by atoms with van der Waals surface area (Å²) in [6, 6.07) is 8.09. The van der Waals surface area contributed by atoms with E-state index in [1.165, 1.54) is 0 Å². The van der Waals surface area contributed by atoms with Crippen LogP contribution in [0.5, 0.6) is 5.75 Å². The third-order valence-electron chi connectivity index (χ3n) is 3.66. The molecule has 2 heterocycles. The van der Waals surface area contributed by atoms with Gasteiger partial charge in [-0.05, 0) is 22.0 Å². The highest BCUT2D eigenvalue weighted by Crippen LogP contribution is 2.38. The Morgan fingerprint density at radius 1 is 1.33 bits per heavy atom. The number of hydrogen-bond donors (Lipinski definition) is 1. The molecule has 1 atom stereocenters. The van der Waals surface area contributed by atoms with Gasteiger partial charge in [0.2, 0.25) is 0 Å². The third kappa shape index (κ3) is 2.64. The number of hydrogen-bond acceptors (Lipinski definition) is 3. The van der Waals surface area contributed by atoms with Crippen LogP contribution in [0.1, 0.15) is 43.8 Å². The van der Waals surface area contributed by atoms with E-state index in [2.05, 4.69) is 52.7 Å². The van der Waals surface area contributed by atoms with Gasteiger partial charge in [0.1, 0.15) is 22.8 Å². The molecular formula is C16H17BrN2OS. The van der Waals surface area contributed by atoms with Crippen molar-refractivity contribution in [1.82, 2.24) is 9.97 Å². The van der Waals surface area contributed by atoms with Crippen LogP contribution < -0.4 is 4.74 Å². The van der Waals surface area contributed by atoms with E-state index in [9.17, 15) is 0 Å². The second-order valence-electron chi connectivity index (χ2n) is 6.27. The van der Waals surface area contributed by atoms with Gasteiger partial charge in [0.25, 0.3) is 0 Å². The lowest BCUT2D eigenvalue weighted by molar-refractivity contribution is 0.339. The first-order chi connectivity index (χ1) is 9.88. The Hall–Kier alpha value is -1.20. The largest absolute Gasteiger partial charge is 0.492 e. The Kier molecular flexibility index (Phi) is 3.66. The zero-order valence-electron chi connectivity index (χ0n) is 12.2. The van der Waals surface area contributed by atoms with Gasteiger partial charge in [0.05, 0.1) is 10.4 Å². The quantitative estimate of drug-likeness (QED) is 0.743. The fourth-order valence-electron chi connectivity index (χ4n) is 2.55. The molecule has 21 heavy (non-hydrogen) atoms. The van der Waals surface area contributed by atoms with Crippen molar-refractivity contribution >= 4 is 28.1 Å². The lowest BCUT2D eigenvalue weighted by Gasteiger charge is -2.22. The Balaban J connectivity index is 2.13. The molecule has 3 nitrogen and oxygen atoms in total. The maximum absolute atomic E-state index is 5.76. The summed E-state index contributed by atoms with van der Waals surface area (Å²) in [5.41, 5.74) is 2.20. The zero-order chi connectivity index (χ0) is 15.2. The molecule has 0 radical (unpaired) electrons. The SMILES string of the molecule is CC(C)(C)c1[nH]c(C2COc3ccccc32)nc(=S)c1Br. The average molecular weight is 365 g/mol. The highest BCUT2D eigenvalue weighted by atomic mass is 79.9. The van der Waals surface area contributed by atoms with E-state index in [1.54, 1.807) is 0 Å². The van der Waals surface area contributed by atoms with Crippen molar-refractivity contribution in [2.24, 2.45) is 0 Å². The van der Waals surface area contributed by atoms with Gasteiger partial charge < -0.3 is 9.72 Å². The lowest BCUT2D eigenvalue weighted by atomic mass is 9.91. The van der Waals surface area contributed by atoms with E-state index >= 15 is 0 Å². The molecule has 0 bridgehead atoms. The molecule has 1 unspecified atom stereocenters. The second-order valence-corrected chi connectivity index (χ2v) is 7.45. The number of rotatable bonds is 1. The van der Waals surface area contributed by atoms with Crippen molar-refractivity contribution in [2.45, 2.75) is 32.1 Å². The molecule has 0 fully saturated rings. The van der Waals surface area contributed by atoms with E-state index in [4.69, 9.17) is 17.0 Å². The standard InChI is InChI=1S/C16H17BrN2OS/c1-16(2,3)13-12(17)15(21)19-14(18-13)10-8-20-11-7-5-4-6-9(10)11/h4-7,10H,8H2,1-3H3,(H,18,19,21). The first-order valence-electron chi connectivity index (χ1n) is 6.90. The second kappa shape index (κ2) is 5.21. The number of aromatic amines is 1. The molecule has 110 valence electrons. The topological polar surface area (TPSA) is 37.9 Å². The van der Waals surface area contributed by atoms with Gasteiger partial charge in [-0.3, -0.25) is 0 Å². The van der Waals surface area contributed by atoms with E-state index in [1.807, 2.05) is 18.2 Å². The number of nitrogens with zero attached hydrogens (tertiary/aromatic N) is 1. The summed E-state index contributed by atoms with van der Waals surface area (Å²) in [6.07, 6.45) is 0. The number of aromatic nitrogens is 2. The summed E-state index contributed by atoms with van der Waals surface area (Å²) in [7, 11) is 0. The molecule has 0 aliphatic carbocycles. The van der Waals surface area contributed by atoms with Crippen molar-refractivity contribution < 1.29 is 4.74 Å². The van der Waals surface area contributed by atoms with Crippen LogP contribution in [-0.2, 0) is 5.41 Å². The predicted octanol–water partition coefficient (Wildman–Crippen LogP) is 4.72. The van der Waals surface area contributed by atoms with Gasteiger partial charge in [-0.1, -0.05) is 51.2 Å². The Labute approximate surface area is 137 Å². The number of benzene rings is 1. The Bertz CT molecular complexity index is 749. The molecule has 0 amide bonds. The minimum absolute atomic E-state index is 0.0386. The van der Waals surface area contributed by atoms with E-state index < -0.39 is 0 Å². The van der Waals surface area contributed by atoms with Crippen molar-refractivity contribution in [3.05, 3.63) is 50.5 Å². The predicted molar refractivity (Wildman–Crippen MR) is 89.6 cm³/mol. The normalized spacial score (nSPS) is 17.4. The number of para-hydroxylation sites is 1. The summed E-state index contributed by atoms with van der Waals surface area (Å²) in [6.45, 7) is 7.06. The highest BCUT2D eigenvalue weighted by molar-refractivity contribution is 9.10. The maximum atomic E-state index is 5.76. The number of H-pyrrole nitrogens is 1. The number of ether oxygens (including phenoxy) is 1. The van der Waals surface area contributed by atoms with Gasteiger partial charge in [-0.2, -0.15) is 0 Å². The molecular weight excluding hydrogens is 348 g/mol. The van der Waals surface area contributed by atoms with Crippen LogP contribution in [0, 0.1) is 4.64 Å². The lowest BCUT2D eigenvalue weighted by Crippen LogP contribution is -2.19. The molecule has 3 rings (SSSR count). The molecule has 1 aromatic carbocycles. The minimum atomic E-state index is -0.0386. The van der Waals surface area contributed by atoms with Crippen LogP contribution in [0.2, 0.25) is 0 Å². The first kappa shape index (κ1) is 14.7. The van der Waals surface area contributed by atoms with E-state index in [0.717, 1.165) is 27.3 Å². The molecule has 1 N–H and O–H groups in total. The molecule has 2 aromatic rings. The van der Waals surface area contributed by atoms with Gasteiger partial charge in [0.15, 0.2) is 0 Å². The summed E-state index contributed by atoms with van der Waals surface area (Å²) < 4.78 is 7.23. The first-order valence-corrected chi connectivity index (χ1v) is 8.10. The van der Waals surface area contributed by atoms with Crippen molar-refractivity contribution in [2.75, 3.05) is 6.61 Å². The molecule has 0 saturated carbocycles. The van der Waals surface area contributed by atoms with Crippen molar-refractivity contribution in [3.8, 4) is 5.75 Å². The molecule has 1 aliphatic heterocycles. The monoisotopic (exact) mass is 364 g/mol. The number of fused-ring (bicyclic) bond motifs is 1. The molecule has 1 aliphatic rings. The van der Waals surface area contributed by atoms with Crippen molar-refractivity contribution in [1.29, 1.82) is 0 Å². The fourth-order valence-corrected chi connectivity index (χ4v) is 3.53.